The van der Waals surface area contributed by atoms with Crippen molar-refractivity contribution in [2.24, 2.45) is 5.41 Å². The van der Waals surface area contributed by atoms with Gasteiger partial charge in [-0.1, -0.05) is 43.2 Å². The van der Waals surface area contributed by atoms with Gasteiger partial charge in [-0.25, -0.2) is 4.39 Å². The summed E-state index contributed by atoms with van der Waals surface area (Å²) < 4.78 is 31.7. The van der Waals surface area contributed by atoms with E-state index in [4.69, 9.17) is 14.3 Å². The van der Waals surface area contributed by atoms with Crippen LogP contribution in [0.5, 0.6) is 0 Å². The van der Waals surface area contributed by atoms with Gasteiger partial charge in [0.05, 0.1) is 0 Å². The van der Waals surface area contributed by atoms with Crippen LogP contribution in [0, 0.1) is 11.2 Å². The zero-order chi connectivity index (χ0) is 31.5. The van der Waals surface area contributed by atoms with Gasteiger partial charge in [0.15, 0.2) is 0 Å². The number of carbonyl (C=O) groups is 1. The van der Waals surface area contributed by atoms with Crippen LogP contribution < -0.4 is 5.32 Å². The number of fused-ring (bicyclic) bond motifs is 3. The Morgan fingerprint density at radius 1 is 1.09 bits per heavy atom. The number of carbonyl (C=O) groups excluding carboxylic acids is 1. The number of piperazine rings is 1. The zero-order valence-electron chi connectivity index (χ0n) is 27.5. The molecule has 4 heterocycles. The molecule has 7 heteroatoms. The number of nitrogens with one attached hydrogen (secondary N) is 1. The highest BCUT2D eigenvalue weighted by Crippen LogP contribution is 2.44. The summed E-state index contributed by atoms with van der Waals surface area (Å²) in [5.74, 6) is -0.499. The number of allylic oxidation sites excluding steroid dienone is 1. The van der Waals surface area contributed by atoms with Crippen molar-refractivity contribution >= 4 is 23.1 Å². The number of hydrogen-bond donors (Lipinski definition) is 1. The number of rotatable bonds is 7. The molecule has 5 atom stereocenters. The maximum absolute atomic E-state index is 15.4. The fraction of sp³-hybridized carbons (Fsp3) is 0.583. The number of amides is 1. The normalized spacial score (nSPS) is 31.8. The van der Waals surface area contributed by atoms with Crippen molar-refractivity contribution in [2.75, 3.05) is 32.7 Å². The van der Waals surface area contributed by atoms with Crippen LogP contribution in [0.25, 0.3) is 5.57 Å². The maximum atomic E-state index is 15.4. The van der Waals surface area contributed by atoms with E-state index in [1.807, 2.05) is 18.2 Å². The highest BCUT2D eigenvalue weighted by Gasteiger charge is 2.40. The average molecular weight is 607 g/mol. The molecule has 0 spiro atoms. The molecule has 1 amide bonds. The van der Waals surface area contributed by atoms with Gasteiger partial charge in [-0.3, -0.25) is 14.6 Å². The molecule has 5 aliphatic rings. The van der Waals surface area contributed by atoms with E-state index in [1.54, 1.807) is 10.5 Å². The highest BCUT2D eigenvalue weighted by molar-refractivity contribution is 6.30. The molecule has 230 valence electrons. The highest BCUT2D eigenvalue weighted by atomic mass is 35.5. The standard InChI is InChI=1S/C36H46ClFN4O/c1-36(2)13-11-25(33(18-36)24-5-7-28(37)8-6-24)12-15-41-30-9-10-31(41)23-40(22-30)20-27-16-26-21-42(29-4-3-14-39-19-29)35(43)32(26)17-34(27)38/h5-8,16-17,29-31,39H,3-4,9-15,18-23H2,1-2H3/i14D,19D. The summed E-state index contributed by atoms with van der Waals surface area (Å²) in [5.41, 5.74) is 6.68. The molecular formula is C36H46ClFN4O. The van der Waals surface area contributed by atoms with Crippen molar-refractivity contribution in [3.05, 3.63) is 75.1 Å². The first-order valence-electron chi connectivity index (χ1n) is 17.4. The minimum Gasteiger partial charge on any atom is -0.330 e. The molecule has 4 aliphatic heterocycles. The number of likely N-dealkylation sites (tertiary alicyclic amines) is 1. The predicted molar refractivity (Wildman–Crippen MR) is 172 cm³/mol. The van der Waals surface area contributed by atoms with E-state index in [1.165, 1.54) is 36.5 Å². The summed E-state index contributed by atoms with van der Waals surface area (Å²) in [5, 5.41) is 3.72. The van der Waals surface area contributed by atoms with Crippen molar-refractivity contribution in [3.8, 4) is 0 Å². The Kier molecular flexibility index (Phi) is 7.51. The van der Waals surface area contributed by atoms with E-state index in [-0.39, 0.29) is 17.8 Å². The van der Waals surface area contributed by atoms with E-state index in [9.17, 15) is 4.79 Å². The lowest BCUT2D eigenvalue weighted by Crippen LogP contribution is -2.53. The summed E-state index contributed by atoms with van der Waals surface area (Å²) in [6.07, 6.45) is 8.19. The number of hydrogen-bond acceptors (Lipinski definition) is 4. The number of nitrogens with zero attached hydrogens (tertiary/aromatic N) is 3. The lowest BCUT2D eigenvalue weighted by molar-refractivity contribution is 0.0626. The summed E-state index contributed by atoms with van der Waals surface area (Å²) in [7, 11) is 0. The Balaban J connectivity index is 1.00. The lowest BCUT2D eigenvalue weighted by Gasteiger charge is -2.42. The van der Waals surface area contributed by atoms with Crippen molar-refractivity contribution < 1.29 is 11.9 Å². The molecule has 1 aliphatic carbocycles. The molecule has 2 bridgehead atoms. The summed E-state index contributed by atoms with van der Waals surface area (Å²) in [6, 6.07) is 12.4. The lowest BCUT2D eigenvalue weighted by atomic mass is 9.72. The Hall–Kier alpha value is -2.25. The van der Waals surface area contributed by atoms with Crippen LogP contribution >= 0.6 is 11.6 Å². The van der Waals surface area contributed by atoms with E-state index in [2.05, 4.69) is 41.1 Å². The first-order valence-corrected chi connectivity index (χ1v) is 16.6. The Bertz CT molecular complexity index is 1470. The molecular weight excluding hydrogens is 559 g/mol. The van der Waals surface area contributed by atoms with Crippen molar-refractivity contribution in [2.45, 2.75) is 96.4 Å². The number of halogens is 2. The molecule has 3 saturated heterocycles. The molecule has 7 rings (SSSR count). The van der Waals surface area contributed by atoms with Gasteiger partial charge in [0, 0.05) is 76.3 Å². The predicted octanol–water partition coefficient (Wildman–Crippen LogP) is 6.89. The minimum absolute atomic E-state index is 0.189. The van der Waals surface area contributed by atoms with Gasteiger partial charge in [-0.05, 0) is 104 Å². The van der Waals surface area contributed by atoms with Gasteiger partial charge < -0.3 is 10.2 Å². The number of piperidine rings is 1. The monoisotopic (exact) mass is 606 g/mol. The van der Waals surface area contributed by atoms with Crippen LogP contribution in [0.2, 0.25) is 5.02 Å². The molecule has 3 fully saturated rings. The molecule has 5 nitrogen and oxygen atoms in total. The SMILES string of the molecule is [2H]C1CCC(N2Cc3cc(CN4CC5CCC(C4)N5CCC4=C(c5ccc(Cl)cc5)CC(C)(C)CC4)c(F)cc3C2=O)C([2H])N1. The third-order valence-electron chi connectivity index (χ3n) is 10.7. The van der Waals surface area contributed by atoms with Crippen LogP contribution in [-0.4, -0.2) is 71.4 Å². The molecule has 2 aromatic carbocycles. The van der Waals surface area contributed by atoms with Crippen LogP contribution in [-0.2, 0) is 13.1 Å². The zero-order valence-corrected chi connectivity index (χ0v) is 26.3. The third kappa shape index (κ3) is 6.05. The molecule has 0 aromatic heterocycles. The van der Waals surface area contributed by atoms with Crippen molar-refractivity contribution in [3.63, 3.8) is 0 Å². The maximum Gasteiger partial charge on any atom is 0.254 e. The molecule has 2 aromatic rings. The topological polar surface area (TPSA) is 38.8 Å². The first kappa shape index (κ1) is 27.1. The largest absolute Gasteiger partial charge is 0.330 e. The molecule has 43 heavy (non-hydrogen) atoms. The average Bonchev–Trinajstić information content (AvgIpc) is 3.43. The van der Waals surface area contributed by atoms with Crippen LogP contribution in [0.3, 0.4) is 0 Å². The summed E-state index contributed by atoms with van der Waals surface area (Å²) in [6.45, 7) is 7.53. The van der Waals surface area contributed by atoms with Crippen LogP contribution in [0.4, 0.5) is 4.39 Å². The van der Waals surface area contributed by atoms with E-state index in [0.717, 1.165) is 49.5 Å². The van der Waals surface area contributed by atoms with Crippen LogP contribution in [0.15, 0.2) is 42.0 Å². The molecule has 1 N–H and O–H groups in total. The van der Waals surface area contributed by atoms with Gasteiger partial charge in [-0.15, -0.1) is 0 Å². The first-order chi connectivity index (χ1) is 21.5. The van der Waals surface area contributed by atoms with Gasteiger partial charge >= 0.3 is 0 Å². The van der Waals surface area contributed by atoms with Crippen molar-refractivity contribution in [1.82, 2.24) is 20.0 Å². The minimum atomic E-state index is -0.694. The quantitative estimate of drug-likeness (QED) is 0.373. The third-order valence-corrected chi connectivity index (χ3v) is 10.9. The second kappa shape index (κ2) is 11.9. The fourth-order valence-electron chi connectivity index (χ4n) is 8.29. The van der Waals surface area contributed by atoms with E-state index < -0.39 is 13.0 Å². The summed E-state index contributed by atoms with van der Waals surface area (Å²) in [4.78, 5) is 20.1. The fourth-order valence-corrected chi connectivity index (χ4v) is 8.41. The van der Waals surface area contributed by atoms with Gasteiger partial charge in [0.2, 0.25) is 0 Å². The second-order valence-corrected chi connectivity index (χ2v) is 14.6. The summed E-state index contributed by atoms with van der Waals surface area (Å²) >= 11 is 6.21. The Labute approximate surface area is 264 Å². The van der Waals surface area contributed by atoms with Gasteiger partial charge in [0.1, 0.15) is 5.82 Å². The van der Waals surface area contributed by atoms with E-state index >= 15 is 4.39 Å². The smallest absolute Gasteiger partial charge is 0.254 e. The second-order valence-electron chi connectivity index (χ2n) is 14.2. The molecule has 0 saturated carbocycles. The molecule has 5 unspecified atom stereocenters. The van der Waals surface area contributed by atoms with Crippen LogP contribution in [0.1, 0.15) is 95.0 Å². The Morgan fingerprint density at radius 3 is 2.60 bits per heavy atom. The van der Waals surface area contributed by atoms with Gasteiger partial charge in [-0.2, -0.15) is 0 Å². The van der Waals surface area contributed by atoms with E-state index in [0.29, 0.717) is 54.6 Å². The van der Waals surface area contributed by atoms with Crippen molar-refractivity contribution in [1.29, 1.82) is 0 Å². The molecule has 0 radical (unpaired) electrons. The Morgan fingerprint density at radius 2 is 1.86 bits per heavy atom. The number of benzene rings is 2. The van der Waals surface area contributed by atoms with Gasteiger partial charge in [0.25, 0.3) is 5.91 Å².